The second-order valence-corrected chi connectivity index (χ2v) is 8.84. The molecular weight excluding hydrogens is 426 g/mol. The molecule has 4 rings (SSSR count). The van der Waals surface area contributed by atoms with Crippen molar-refractivity contribution in [3.05, 3.63) is 83.9 Å². The molecule has 0 atom stereocenters. The number of aryl methyl sites for hydroxylation is 1. The fourth-order valence-electron chi connectivity index (χ4n) is 3.40. The molecule has 0 unspecified atom stereocenters. The maximum atomic E-state index is 13.3. The highest BCUT2D eigenvalue weighted by Gasteiger charge is 2.17. The van der Waals surface area contributed by atoms with Crippen molar-refractivity contribution in [2.45, 2.75) is 11.8 Å². The van der Waals surface area contributed by atoms with Crippen LogP contribution in [0.3, 0.4) is 0 Å². The number of fused-ring (bicyclic) bond motifs is 1. The second kappa shape index (κ2) is 8.41. The quantitative estimate of drug-likeness (QED) is 0.478. The minimum absolute atomic E-state index is 0.0740. The van der Waals surface area contributed by atoms with Crippen molar-refractivity contribution < 1.29 is 17.9 Å². The number of ether oxygens (including phenoxy) is 1. The summed E-state index contributed by atoms with van der Waals surface area (Å²) in [5, 5.41) is 8.74. The van der Waals surface area contributed by atoms with Gasteiger partial charge in [0, 0.05) is 16.6 Å². The van der Waals surface area contributed by atoms with E-state index >= 15 is 0 Å². The third-order valence-electron chi connectivity index (χ3n) is 5.11. The molecule has 0 aliphatic carbocycles. The molecule has 1 amide bonds. The van der Waals surface area contributed by atoms with E-state index in [9.17, 15) is 13.2 Å². The predicted octanol–water partition coefficient (Wildman–Crippen LogP) is 4.12. The Morgan fingerprint density at radius 3 is 2.53 bits per heavy atom. The van der Waals surface area contributed by atoms with Crippen LogP contribution in [0.25, 0.3) is 22.2 Å². The first-order chi connectivity index (χ1) is 15.3. The third kappa shape index (κ3) is 4.32. The lowest BCUT2D eigenvalue weighted by atomic mass is 10.0. The highest BCUT2D eigenvalue weighted by molar-refractivity contribution is 7.89. The third-order valence-corrected chi connectivity index (χ3v) is 6.02. The Bertz CT molecular complexity index is 1450. The van der Waals surface area contributed by atoms with Crippen LogP contribution >= 0.6 is 0 Å². The number of amides is 1. The van der Waals surface area contributed by atoms with Gasteiger partial charge in [-0.1, -0.05) is 36.4 Å². The van der Waals surface area contributed by atoms with Gasteiger partial charge in [-0.15, -0.1) is 0 Å². The number of aromatic nitrogens is 1. The van der Waals surface area contributed by atoms with Gasteiger partial charge in [0.1, 0.15) is 5.75 Å². The van der Waals surface area contributed by atoms with E-state index < -0.39 is 10.0 Å². The van der Waals surface area contributed by atoms with Crippen LogP contribution in [-0.2, 0) is 10.0 Å². The molecule has 0 saturated heterocycles. The summed E-state index contributed by atoms with van der Waals surface area (Å²) in [5.41, 5.74) is 3.56. The fourth-order valence-corrected chi connectivity index (χ4v) is 3.94. The molecule has 0 fully saturated rings. The highest BCUT2D eigenvalue weighted by Crippen LogP contribution is 2.28. The van der Waals surface area contributed by atoms with Gasteiger partial charge in [0.05, 0.1) is 28.8 Å². The monoisotopic (exact) mass is 447 g/mol. The van der Waals surface area contributed by atoms with Crippen molar-refractivity contribution in [3.8, 4) is 17.0 Å². The van der Waals surface area contributed by atoms with Crippen LogP contribution in [-0.4, -0.2) is 26.4 Å². The summed E-state index contributed by atoms with van der Waals surface area (Å²) in [7, 11) is -2.31. The molecule has 0 spiro atoms. The topological polar surface area (TPSA) is 111 Å². The van der Waals surface area contributed by atoms with Gasteiger partial charge in [0.25, 0.3) is 5.91 Å². The number of hydrogen-bond acceptors (Lipinski definition) is 5. The van der Waals surface area contributed by atoms with E-state index in [-0.39, 0.29) is 10.8 Å². The number of primary sulfonamides is 1. The van der Waals surface area contributed by atoms with Crippen molar-refractivity contribution in [1.82, 2.24) is 4.98 Å². The predicted molar refractivity (Wildman–Crippen MR) is 124 cm³/mol. The molecule has 32 heavy (non-hydrogen) atoms. The largest absolute Gasteiger partial charge is 0.497 e. The standard InChI is InChI=1S/C24H21N3O4S/c1-15-10-11-18(32(25,29)30)13-22(15)27-24(28)20-14-23(16-6-5-7-17(12-16)31-2)26-21-9-4-3-8-19(20)21/h3-14H,1-2H3,(H,27,28)(H2,25,29,30). The molecule has 0 aliphatic rings. The van der Waals surface area contributed by atoms with E-state index in [0.29, 0.717) is 39.2 Å². The lowest BCUT2D eigenvalue weighted by Gasteiger charge is -2.13. The lowest BCUT2D eigenvalue weighted by molar-refractivity contribution is 0.102. The van der Waals surface area contributed by atoms with Gasteiger partial charge in [0.15, 0.2) is 0 Å². The number of carbonyl (C=O) groups excluding carboxylic acids is 1. The number of rotatable bonds is 5. The Labute approximate surface area is 185 Å². The number of nitrogens with zero attached hydrogens (tertiary/aromatic N) is 1. The molecule has 1 heterocycles. The summed E-state index contributed by atoms with van der Waals surface area (Å²) in [6.07, 6.45) is 0. The van der Waals surface area contributed by atoms with Crippen molar-refractivity contribution in [2.75, 3.05) is 12.4 Å². The maximum Gasteiger partial charge on any atom is 0.256 e. The van der Waals surface area contributed by atoms with E-state index in [1.807, 2.05) is 48.5 Å². The SMILES string of the molecule is COc1cccc(-c2cc(C(=O)Nc3cc(S(N)(=O)=O)ccc3C)c3ccccc3n2)c1. The molecule has 0 aliphatic heterocycles. The van der Waals surface area contributed by atoms with E-state index in [4.69, 9.17) is 14.9 Å². The number of sulfonamides is 1. The smallest absolute Gasteiger partial charge is 0.256 e. The summed E-state index contributed by atoms with van der Waals surface area (Å²) in [5.74, 6) is 0.293. The molecule has 0 saturated carbocycles. The van der Waals surface area contributed by atoms with Crippen LogP contribution in [0.15, 0.2) is 77.7 Å². The fraction of sp³-hybridized carbons (Fsp3) is 0.0833. The molecule has 1 aromatic heterocycles. The molecule has 3 aromatic carbocycles. The average Bonchev–Trinajstić information content (AvgIpc) is 2.79. The van der Waals surface area contributed by atoms with Crippen molar-refractivity contribution >= 4 is 32.5 Å². The Morgan fingerprint density at radius 1 is 1.00 bits per heavy atom. The Morgan fingerprint density at radius 2 is 1.78 bits per heavy atom. The minimum atomic E-state index is -3.90. The van der Waals surface area contributed by atoms with E-state index in [1.165, 1.54) is 12.1 Å². The first-order valence-electron chi connectivity index (χ1n) is 9.75. The van der Waals surface area contributed by atoms with Gasteiger partial charge in [-0.2, -0.15) is 0 Å². The summed E-state index contributed by atoms with van der Waals surface area (Å²) in [4.78, 5) is 17.9. The lowest BCUT2D eigenvalue weighted by Crippen LogP contribution is -2.16. The first-order valence-corrected chi connectivity index (χ1v) is 11.3. The number of benzene rings is 3. The van der Waals surface area contributed by atoms with E-state index in [1.54, 1.807) is 26.2 Å². The van der Waals surface area contributed by atoms with Gasteiger partial charge in [-0.05, 0) is 48.9 Å². The zero-order chi connectivity index (χ0) is 22.9. The number of nitrogens with one attached hydrogen (secondary N) is 1. The van der Waals surface area contributed by atoms with Crippen LogP contribution in [0.4, 0.5) is 5.69 Å². The van der Waals surface area contributed by atoms with Gasteiger partial charge >= 0.3 is 0 Å². The second-order valence-electron chi connectivity index (χ2n) is 7.28. The molecule has 0 radical (unpaired) electrons. The number of para-hydroxylation sites is 1. The minimum Gasteiger partial charge on any atom is -0.497 e. The van der Waals surface area contributed by atoms with Crippen LogP contribution < -0.4 is 15.2 Å². The molecule has 0 bridgehead atoms. The zero-order valence-electron chi connectivity index (χ0n) is 17.5. The molecule has 3 N–H and O–H groups in total. The number of carbonyl (C=O) groups is 1. The van der Waals surface area contributed by atoms with Gasteiger partial charge in [-0.3, -0.25) is 4.79 Å². The van der Waals surface area contributed by atoms with Crippen molar-refractivity contribution in [3.63, 3.8) is 0 Å². The summed E-state index contributed by atoms with van der Waals surface area (Å²) < 4.78 is 28.8. The number of nitrogens with two attached hydrogens (primary N) is 1. The van der Waals surface area contributed by atoms with E-state index in [2.05, 4.69) is 5.32 Å². The number of hydrogen-bond donors (Lipinski definition) is 2. The summed E-state index contributed by atoms with van der Waals surface area (Å²) in [6, 6.07) is 20.8. The molecule has 7 nitrogen and oxygen atoms in total. The molecule has 162 valence electrons. The number of methoxy groups -OCH3 is 1. The summed E-state index contributed by atoms with van der Waals surface area (Å²) in [6.45, 7) is 1.77. The average molecular weight is 448 g/mol. The summed E-state index contributed by atoms with van der Waals surface area (Å²) >= 11 is 0. The Kier molecular flexibility index (Phi) is 5.65. The maximum absolute atomic E-state index is 13.3. The normalized spacial score (nSPS) is 11.3. The van der Waals surface area contributed by atoms with Crippen LogP contribution in [0, 0.1) is 6.92 Å². The van der Waals surface area contributed by atoms with Crippen molar-refractivity contribution in [1.29, 1.82) is 0 Å². The van der Waals surface area contributed by atoms with Crippen LogP contribution in [0.1, 0.15) is 15.9 Å². The van der Waals surface area contributed by atoms with Crippen LogP contribution in [0.2, 0.25) is 0 Å². The van der Waals surface area contributed by atoms with Gasteiger partial charge in [-0.25, -0.2) is 18.5 Å². The van der Waals surface area contributed by atoms with Gasteiger partial charge in [0.2, 0.25) is 10.0 Å². The number of pyridine rings is 1. The molecule has 4 aromatic rings. The number of anilines is 1. The Hall–Kier alpha value is -3.75. The molecule has 8 heteroatoms. The van der Waals surface area contributed by atoms with E-state index in [0.717, 1.165) is 5.56 Å². The van der Waals surface area contributed by atoms with Gasteiger partial charge < -0.3 is 10.1 Å². The van der Waals surface area contributed by atoms with Crippen LogP contribution in [0.5, 0.6) is 5.75 Å². The first kappa shape index (κ1) is 21.5. The Balaban J connectivity index is 1.81. The molecular formula is C24H21N3O4S. The highest BCUT2D eigenvalue weighted by atomic mass is 32.2. The van der Waals surface area contributed by atoms with Crippen molar-refractivity contribution in [2.24, 2.45) is 5.14 Å². The zero-order valence-corrected chi connectivity index (χ0v) is 18.3.